The van der Waals surface area contributed by atoms with Gasteiger partial charge in [-0.25, -0.2) is 0 Å². The molecule has 2 atom stereocenters. The number of ether oxygens (including phenoxy) is 1. The molecule has 0 radical (unpaired) electrons. The summed E-state index contributed by atoms with van der Waals surface area (Å²) in [5.41, 5.74) is 0.995. The van der Waals surface area contributed by atoms with E-state index in [4.69, 9.17) is 9.26 Å². The van der Waals surface area contributed by atoms with Gasteiger partial charge in [0.1, 0.15) is 18.3 Å². The fraction of sp³-hybridized carbons (Fsp3) is 0.471. The van der Waals surface area contributed by atoms with Crippen LogP contribution in [0.2, 0.25) is 0 Å². The predicted octanol–water partition coefficient (Wildman–Crippen LogP) is 2.26. The van der Waals surface area contributed by atoms with Gasteiger partial charge in [-0.15, -0.1) is 0 Å². The zero-order valence-electron chi connectivity index (χ0n) is 13.1. The van der Waals surface area contributed by atoms with Crippen molar-refractivity contribution in [1.82, 2.24) is 15.0 Å². The Kier molecular flexibility index (Phi) is 3.52. The van der Waals surface area contributed by atoms with Crippen LogP contribution in [0.15, 0.2) is 28.8 Å². The molecule has 1 fully saturated rings. The third-order valence-electron chi connectivity index (χ3n) is 4.64. The van der Waals surface area contributed by atoms with Crippen molar-refractivity contribution in [2.24, 2.45) is 0 Å². The van der Waals surface area contributed by atoms with E-state index >= 15 is 0 Å². The minimum atomic E-state index is -0.197. The highest BCUT2D eigenvalue weighted by Crippen LogP contribution is 2.36. The van der Waals surface area contributed by atoms with Gasteiger partial charge in [0, 0.05) is 31.5 Å². The molecular formula is C17H19N3O3. The number of benzene rings is 1. The smallest absolute Gasteiger partial charge is 0.233 e. The standard InChI is InChI=1S/C17H19N3O3/c1-11-18-16(19-23-11)12-5-4-8-20(9-12)17(21)14-10-22-15-7-3-2-6-13(14)15/h2-3,6-7,12,14H,4-5,8-10H2,1H3. The summed E-state index contributed by atoms with van der Waals surface area (Å²) in [7, 11) is 0. The lowest BCUT2D eigenvalue weighted by molar-refractivity contribution is -0.134. The first-order valence-corrected chi connectivity index (χ1v) is 8.03. The first-order chi connectivity index (χ1) is 11.2. The van der Waals surface area contributed by atoms with E-state index in [1.165, 1.54) is 0 Å². The van der Waals surface area contributed by atoms with E-state index in [0.29, 0.717) is 24.9 Å². The zero-order chi connectivity index (χ0) is 15.8. The number of aryl methyl sites for hydroxylation is 1. The maximum absolute atomic E-state index is 12.9. The number of hydrogen-bond donors (Lipinski definition) is 0. The largest absolute Gasteiger partial charge is 0.492 e. The monoisotopic (exact) mass is 313 g/mol. The molecule has 0 N–H and O–H groups in total. The Morgan fingerprint density at radius 2 is 2.22 bits per heavy atom. The average Bonchev–Trinajstić information content (AvgIpc) is 3.20. The fourth-order valence-electron chi connectivity index (χ4n) is 3.46. The molecule has 1 aromatic heterocycles. The molecule has 4 rings (SSSR count). The van der Waals surface area contributed by atoms with Crippen molar-refractivity contribution in [2.75, 3.05) is 19.7 Å². The van der Waals surface area contributed by atoms with E-state index in [2.05, 4.69) is 10.1 Å². The molecule has 0 bridgehead atoms. The van der Waals surface area contributed by atoms with E-state index < -0.39 is 0 Å². The number of carbonyl (C=O) groups is 1. The number of piperidine rings is 1. The van der Waals surface area contributed by atoms with Crippen LogP contribution in [0.1, 0.15) is 42.0 Å². The summed E-state index contributed by atoms with van der Waals surface area (Å²) in [5.74, 6) is 2.21. The molecule has 120 valence electrons. The second-order valence-electron chi connectivity index (χ2n) is 6.20. The number of hydrogen-bond acceptors (Lipinski definition) is 5. The molecule has 6 nitrogen and oxygen atoms in total. The lowest BCUT2D eigenvalue weighted by Crippen LogP contribution is -2.42. The number of para-hydroxylation sites is 1. The number of carbonyl (C=O) groups excluding carboxylic acids is 1. The minimum Gasteiger partial charge on any atom is -0.492 e. The maximum Gasteiger partial charge on any atom is 0.233 e. The Labute approximate surface area is 134 Å². The molecule has 0 aliphatic carbocycles. The molecule has 3 heterocycles. The van der Waals surface area contributed by atoms with Crippen molar-refractivity contribution in [3.8, 4) is 5.75 Å². The summed E-state index contributed by atoms with van der Waals surface area (Å²) in [6.07, 6.45) is 1.94. The highest BCUT2D eigenvalue weighted by molar-refractivity contribution is 5.85. The summed E-state index contributed by atoms with van der Waals surface area (Å²) < 4.78 is 10.7. The number of amides is 1. The molecule has 2 aliphatic heterocycles. The molecule has 1 saturated heterocycles. The summed E-state index contributed by atoms with van der Waals surface area (Å²) in [6.45, 7) is 3.65. The molecule has 0 spiro atoms. The van der Waals surface area contributed by atoms with Crippen LogP contribution in [-0.4, -0.2) is 40.6 Å². The van der Waals surface area contributed by atoms with Crippen LogP contribution in [0.5, 0.6) is 5.75 Å². The van der Waals surface area contributed by atoms with Gasteiger partial charge >= 0.3 is 0 Å². The van der Waals surface area contributed by atoms with Crippen molar-refractivity contribution >= 4 is 5.91 Å². The zero-order valence-corrected chi connectivity index (χ0v) is 13.1. The summed E-state index contributed by atoms with van der Waals surface area (Å²) in [6, 6.07) is 7.79. The van der Waals surface area contributed by atoms with Gasteiger partial charge in [-0.2, -0.15) is 4.98 Å². The van der Waals surface area contributed by atoms with Crippen LogP contribution < -0.4 is 4.74 Å². The van der Waals surface area contributed by atoms with Crippen LogP contribution in [0.4, 0.5) is 0 Å². The van der Waals surface area contributed by atoms with Crippen molar-refractivity contribution in [1.29, 1.82) is 0 Å². The maximum atomic E-state index is 12.9. The Bertz CT molecular complexity index is 727. The van der Waals surface area contributed by atoms with E-state index in [9.17, 15) is 4.79 Å². The van der Waals surface area contributed by atoms with Gasteiger partial charge in [-0.3, -0.25) is 4.79 Å². The molecule has 1 amide bonds. The van der Waals surface area contributed by atoms with Crippen LogP contribution in [0, 0.1) is 6.92 Å². The van der Waals surface area contributed by atoms with E-state index in [1.54, 1.807) is 6.92 Å². The second kappa shape index (κ2) is 5.68. The fourth-order valence-corrected chi connectivity index (χ4v) is 3.46. The van der Waals surface area contributed by atoms with Gasteiger partial charge in [0.05, 0.1) is 0 Å². The quantitative estimate of drug-likeness (QED) is 0.850. The number of aromatic nitrogens is 2. The van der Waals surface area contributed by atoms with E-state index in [-0.39, 0.29) is 17.7 Å². The third-order valence-corrected chi connectivity index (χ3v) is 4.64. The Morgan fingerprint density at radius 1 is 1.35 bits per heavy atom. The normalized spacial score (nSPS) is 23.4. The summed E-state index contributed by atoms with van der Waals surface area (Å²) >= 11 is 0. The highest BCUT2D eigenvalue weighted by Gasteiger charge is 2.36. The molecule has 0 saturated carbocycles. The number of likely N-dealkylation sites (tertiary alicyclic amines) is 1. The van der Waals surface area contributed by atoms with Gasteiger partial charge in [0.15, 0.2) is 5.82 Å². The van der Waals surface area contributed by atoms with Gasteiger partial charge < -0.3 is 14.2 Å². The van der Waals surface area contributed by atoms with Gasteiger partial charge in [-0.1, -0.05) is 23.4 Å². The highest BCUT2D eigenvalue weighted by atomic mass is 16.5. The van der Waals surface area contributed by atoms with Crippen LogP contribution in [0.25, 0.3) is 0 Å². The SMILES string of the molecule is Cc1nc(C2CCCN(C(=O)C3COc4ccccc43)C2)no1. The lowest BCUT2D eigenvalue weighted by Gasteiger charge is -2.32. The molecule has 2 aromatic rings. The van der Waals surface area contributed by atoms with E-state index in [0.717, 1.165) is 30.7 Å². The molecule has 2 aliphatic rings. The molecule has 6 heteroatoms. The molecule has 2 unspecified atom stereocenters. The van der Waals surface area contributed by atoms with Gasteiger partial charge in [0.2, 0.25) is 11.8 Å². The van der Waals surface area contributed by atoms with Crippen molar-refractivity contribution < 1.29 is 14.1 Å². The number of nitrogens with zero attached hydrogens (tertiary/aromatic N) is 3. The molecule has 23 heavy (non-hydrogen) atoms. The average molecular weight is 313 g/mol. The minimum absolute atomic E-state index is 0.139. The van der Waals surface area contributed by atoms with Crippen molar-refractivity contribution in [2.45, 2.75) is 31.6 Å². The topological polar surface area (TPSA) is 68.5 Å². The predicted molar refractivity (Wildman–Crippen MR) is 82.3 cm³/mol. The number of fused-ring (bicyclic) bond motifs is 1. The second-order valence-corrected chi connectivity index (χ2v) is 6.20. The first kappa shape index (κ1) is 14.2. The third kappa shape index (κ3) is 2.58. The Morgan fingerprint density at radius 3 is 3.04 bits per heavy atom. The van der Waals surface area contributed by atoms with Gasteiger partial charge in [0.25, 0.3) is 0 Å². The molecule has 1 aromatic carbocycles. The van der Waals surface area contributed by atoms with Crippen LogP contribution in [0.3, 0.4) is 0 Å². The van der Waals surface area contributed by atoms with Crippen LogP contribution in [-0.2, 0) is 4.79 Å². The summed E-state index contributed by atoms with van der Waals surface area (Å²) in [5, 5.41) is 4.02. The summed E-state index contributed by atoms with van der Waals surface area (Å²) in [4.78, 5) is 19.2. The van der Waals surface area contributed by atoms with Crippen molar-refractivity contribution in [3.05, 3.63) is 41.5 Å². The van der Waals surface area contributed by atoms with Gasteiger partial charge in [-0.05, 0) is 18.9 Å². The Hall–Kier alpha value is -2.37. The van der Waals surface area contributed by atoms with Crippen molar-refractivity contribution in [3.63, 3.8) is 0 Å². The lowest BCUT2D eigenvalue weighted by atomic mass is 9.94. The van der Waals surface area contributed by atoms with Crippen LogP contribution >= 0.6 is 0 Å². The molecular weight excluding hydrogens is 294 g/mol. The van der Waals surface area contributed by atoms with E-state index in [1.807, 2.05) is 29.2 Å². The first-order valence-electron chi connectivity index (χ1n) is 8.03. The Balaban J connectivity index is 1.51. The number of rotatable bonds is 2.